The van der Waals surface area contributed by atoms with Gasteiger partial charge in [0.2, 0.25) is 5.91 Å². The van der Waals surface area contributed by atoms with Crippen molar-refractivity contribution in [3.63, 3.8) is 0 Å². The van der Waals surface area contributed by atoms with Gasteiger partial charge in [0.1, 0.15) is 5.82 Å². The SMILES string of the molecule is O=C(NC(c1ccccc1)c1ccccc1)C1CCCN(Cc2ccc(F)cc2)C1. The molecule has 3 aromatic rings. The predicted octanol–water partition coefficient (Wildman–Crippen LogP) is 4.94. The van der Waals surface area contributed by atoms with Gasteiger partial charge >= 0.3 is 0 Å². The van der Waals surface area contributed by atoms with E-state index in [4.69, 9.17) is 0 Å². The number of nitrogens with one attached hydrogen (secondary N) is 1. The van der Waals surface area contributed by atoms with E-state index in [0.29, 0.717) is 0 Å². The number of amides is 1. The van der Waals surface area contributed by atoms with Gasteiger partial charge in [-0.2, -0.15) is 0 Å². The maximum absolute atomic E-state index is 13.2. The molecular weight excluding hydrogens is 375 g/mol. The van der Waals surface area contributed by atoms with Crippen LogP contribution in [-0.4, -0.2) is 23.9 Å². The van der Waals surface area contributed by atoms with Crippen molar-refractivity contribution in [1.82, 2.24) is 10.2 Å². The molecular formula is C26H27FN2O. The Morgan fingerprint density at radius 2 is 1.53 bits per heavy atom. The summed E-state index contributed by atoms with van der Waals surface area (Å²) < 4.78 is 13.2. The van der Waals surface area contributed by atoms with Gasteiger partial charge in [0.25, 0.3) is 0 Å². The van der Waals surface area contributed by atoms with Crippen LogP contribution in [-0.2, 0) is 11.3 Å². The van der Waals surface area contributed by atoms with Crippen LogP contribution in [0, 0.1) is 11.7 Å². The van der Waals surface area contributed by atoms with Crippen molar-refractivity contribution in [3.8, 4) is 0 Å². The van der Waals surface area contributed by atoms with Crippen molar-refractivity contribution >= 4 is 5.91 Å². The largest absolute Gasteiger partial charge is 0.345 e. The number of hydrogen-bond donors (Lipinski definition) is 1. The van der Waals surface area contributed by atoms with Crippen molar-refractivity contribution < 1.29 is 9.18 Å². The molecule has 1 heterocycles. The molecule has 1 atom stereocenters. The molecule has 1 fully saturated rings. The molecule has 1 saturated heterocycles. The Hall–Kier alpha value is -2.98. The molecule has 0 saturated carbocycles. The Bertz CT molecular complexity index is 904. The monoisotopic (exact) mass is 402 g/mol. The molecule has 1 amide bonds. The first-order chi connectivity index (χ1) is 14.7. The Morgan fingerprint density at radius 1 is 0.933 bits per heavy atom. The normalized spacial score (nSPS) is 17.1. The summed E-state index contributed by atoms with van der Waals surface area (Å²) in [7, 11) is 0. The molecule has 1 N–H and O–H groups in total. The molecule has 154 valence electrons. The van der Waals surface area contributed by atoms with E-state index in [1.807, 2.05) is 48.5 Å². The zero-order valence-corrected chi connectivity index (χ0v) is 17.0. The van der Waals surface area contributed by atoms with E-state index in [-0.39, 0.29) is 23.7 Å². The zero-order chi connectivity index (χ0) is 20.8. The Kier molecular flexibility index (Phi) is 6.55. The first kappa shape index (κ1) is 20.3. The summed E-state index contributed by atoms with van der Waals surface area (Å²) in [5.41, 5.74) is 3.23. The van der Waals surface area contributed by atoms with E-state index in [1.165, 1.54) is 12.1 Å². The van der Waals surface area contributed by atoms with Crippen molar-refractivity contribution in [2.45, 2.75) is 25.4 Å². The molecule has 4 heteroatoms. The van der Waals surface area contributed by atoms with E-state index in [2.05, 4.69) is 34.5 Å². The summed E-state index contributed by atoms with van der Waals surface area (Å²) in [4.78, 5) is 15.5. The third-order valence-electron chi connectivity index (χ3n) is 5.75. The number of nitrogens with zero attached hydrogens (tertiary/aromatic N) is 1. The second-order valence-electron chi connectivity index (χ2n) is 7.96. The summed E-state index contributed by atoms with van der Waals surface area (Å²) >= 11 is 0. The van der Waals surface area contributed by atoms with E-state index >= 15 is 0 Å². The maximum Gasteiger partial charge on any atom is 0.225 e. The lowest BCUT2D eigenvalue weighted by Gasteiger charge is -2.33. The third kappa shape index (κ3) is 5.14. The lowest BCUT2D eigenvalue weighted by molar-refractivity contribution is -0.127. The van der Waals surface area contributed by atoms with Gasteiger partial charge < -0.3 is 5.32 Å². The van der Waals surface area contributed by atoms with Crippen LogP contribution in [0.5, 0.6) is 0 Å². The highest BCUT2D eigenvalue weighted by Crippen LogP contribution is 2.25. The Labute approximate surface area is 177 Å². The number of carbonyl (C=O) groups excluding carboxylic acids is 1. The summed E-state index contributed by atoms with van der Waals surface area (Å²) in [5.74, 6) is -0.173. The first-order valence-electron chi connectivity index (χ1n) is 10.6. The summed E-state index contributed by atoms with van der Waals surface area (Å²) in [6.07, 6.45) is 1.88. The number of carbonyl (C=O) groups is 1. The topological polar surface area (TPSA) is 32.3 Å². The van der Waals surface area contributed by atoms with Crippen molar-refractivity contribution in [2.75, 3.05) is 13.1 Å². The van der Waals surface area contributed by atoms with Gasteiger partial charge in [0.05, 0.1) is 12.0 Å². The standard InChI is InChI=1S/C26H27FN2O/c27-24-15-13-20(14-16-24)18-29-17-7-12-23(19-29)26(30)28-25(21-8-3-1-4-9-21)22-10-5-2-6-11-22/h1-6,8-11,13-16,23,25H,7,12,17-19H2,(H,28,30). The minimum Gasteiger partial charge on any atom is -0.345 e. The molecule has 4 rings (SSSR count). The minimum atomic E-state index is -0.220. The highest BCUT2D eigenvalue weighted by atomic mass is 19.1. The fourth-order valence-electron chi connectivity index (χ4n) is 4.17. The average molecular weight is 403 g/mol. The molecule has 0 spiro atoms. The van der Waals surface area contributed by atoms with Gasteiger partial charge in [-0.25, -0.2) is 4.39 Å². The molecule has 1 unspecified atom stereocenters. The van der Waals surface area contributed by atoms with Gasteiger partial charge in [0.15, 0.2) is 0 Å². The van der Waals surface area contributed by atoms with E-state index in [1.54, 1.807) is 0 Å². The van der Waals surface area contributed by atoms with E-state index in [0.717, 1.165) is 49.2 Å². The van der Waals surface area contributed by atoms with Crippen LogP contribution >= 0.6 is 0 Å². The van der Waals surface area contributed by atoms with Crippen LogP contribution in [0.25, 0.3) is 0 Å². The molecule has 0 bridgehead atoms. The summed E-state index contributed by atoms with van der Waals surface area (Å²) in [6, 6.07) is 26.7. The number of rotatable bonds is 6. The van der Waals surface area contributed by atoms with Crippen molar-refractivity contribution in [1.29, 1.82) is 0 Å². The smallest absolute Gasteiger partial charge is 0.225 e. The molecule has 0 aromatic heterocycles. The molecule has 0 radical (unpaired) electrons. The highest BCUT2D eigenvalue weighted by Gasteiger charge is 2.28. The fourth-order valence-corrected chi connectivity index (χ4v) is 4.17. The second-order valence-corrected chi connectivity index (χ2v) is 7.96. The maximum atomic E-state index is 13.2. The molecule has 1 aliphatic heterocycles. The Morgan fingerprint density at radius 3 is 2.13 bits per heavy atom. The third-order valence-corrected chi connectivity index (χ3v) is 5.75. The fraction of sp³-hybridized carbons (Fsp3) is 0.269. The molecule has 0 aliphatic carbocycles. The van der Waals surface area contributed by atoms with Gasteiger partial charge in [-0.3, -0.25) is 9.69 Å². The highest BCUT2D eigenvalue weighted by molar-refractivity contribution is 5.80. The van der Waals surface area contributed by atoms with Gasteiger partial charge in [0, 0.05) is 13.1 Å². The van der Waals surface area contributed by atoms with Crippen LogP contribution in [0.15, 0.2) is 84.9 Å². The minimum absolute atomic E-state index is 0.0471. The van der Waals surface area contributed by atoms with Crippen LogP contribution in [0.3, 0.4) is 0 Å². The average Bonchev–Trinajstić information content (AvgIpc) is 2.80. The number of benzene rings is 3. The van der Waals surface area contributed by atoms with Crippen molar-refractivity contribution in [3.05, 3.63) is 107 Å². The summed E-state index contributed by atoms with van der Waals surface area (Å²) in [5, 5.41) is 3.30. The van der Waals surface area contributed by atoms with Gasteiger partial charge in [-0.05, 0) is 48.2 Å². The van der Waals surface area contributed by atoms with Gasteiger partial charge in [-0.15, -0.1) is 0 Å². The number of likely N-dealkylation sites (tertiary alicyclic amines) is 1. The van der Waals surface area contributed by atoms with Crippen LogP contribution in [0.4, 0.5) is 4.39 Å². The van der Waals surface area contributed by atoms with Crippen LogP contribution < -0.4 is 5.32 Å². The number of hydrogen-bond acceptors (Lipinski definition) is 2. The lowest BCUT2D eigenvalue weighted by Crippen LogP contribution is -2.43. The predicted molar refractivity (Wildman–Crippen MR) is 117 cm³/mol. The Balaban J connectivity index is 1.45. The van der Waals surface area contributed by atoms with Crippen LogP contribution in [0.2, 0.25) is 0 Å². The van der Waals surface area contributed by atoms with E-state index in [9.17, 15) is 9.18 Å². The first-order valence-corrected chi connectivity index (χ1v) is 10.6. The quantitative estimate of drug-likeness (QED) is 0.633. The van der Waals surface area contributed by atoms with E-state index < -0.39 is 0 Å². The van der Waals surface area contributed by atoms with Gasteiger partial charge in [-0.1, -0.05) is 72.8 Å². The summed E-state index contributed by atoms with van der Waals surface area (Å²) in [6.45, 7) is 2.42. The lowest BCUT2D eigenvalue weighted by atomic mass is 9.94. The number of halogens is 1. The second kappa shape index (κ2) is 9.68. The number of piperidine rings is 1. The molecule has 3 nitrogen and oxygen atoms in total. The molecule has 30 heavy (non-hydrogen) atoms. The molecule has 1 aliphatic rings. The van der Waals surface area contributed by atoms with Crippen LogP contribution in [0.1, 0.15) is 35.6 Å². The van der Waals surface area contributed by atoms with Crippen molar-refractivity contribution in [2.24, 2.45) is 5.92 Å². The molecule has 3 aromatic carbocycles. The zero-order valence-electron chi connectivity index (χ0n) is 17.0.